The molecular weight excluding hydrogens is 269 g/mol. The van der Waals surface area contributed by atoms with Crippen LogP contribution in [0.2, 0.25) is 10.0 Å². The van der Waals surface area contributed by atoms with E-state index in [2.05, 4.69) is 17.0 Å². The van der Waals surface area contributed by atoms with Gasteiger partial charge in [-0.05, 0) is 29.7 Å². The fraction of sp³-hybridized carbons (Fsp3) is 0.231. The van der Waals surface area contributed by atoms with Crippen LogP contribution in [0.15, 0.2) is 30.9 Å². The van der Waals surface area contributed by atoms with Gasteiger partial charge in [-0.15, -0.1) is 0 Å². The first-order valence-corrected chi connectivity index (χ1v) is 6.46. The van der Waals surface area contributed by atoms with Crippen molar-refractivity contribution in [3.05, 3.63) is 46.5 Å². The molecule has 0 fully saturated rings. The molecule has 0 atom stereocenters. The van der Waals surface area contributed by atoms with Crippen LogP contribution in [-0.4, -0.2) is 14.8 Å². The summed E-state index contributed by atoms with van der Waals surface area (Å²) in [5.74, 6) is 0. The van der Waals surface area contributed by atoms with Gasteiger partial charge in [0.15, 0.2) is 0 Å². The van der Waals surface area contributed by atoms with E-state index in [-0.39, 0.29) is 0 Å². The van der Waals surface area contributed by atoms with Gasteiger partial charge in [0.2, 0.25) is 0 Å². The van der Waals surface area contributed by atoms with Gasteiger partial charge in [-0.2, -0.15) is 5.10 Å². The molecule has 0 radical (unpaired) electrons. The minimum absolute atomic E-state index is 0.639. The number of aromatic nitrogens is 3. The minimum atomic E-state index is 0.639. The summed E-state index contributed by atoms with van der Waals surface area (Å²) in [6.07, 6.45) is 7.04. The second kappa shape index (κ2) is 6.03. The lowest BCUT2D eigenvalue weighted by Crippen LogP contribution is -1.92. The third kappa shape index (κ3) is 3.12. The van der Waals surface area contributed by atoms with Crippen LogP contribution >= 0.6 is 23.2 Å². The Hall–Kier alpha value is -1.32. The monoisotopic (exact) mass is 281 g/mol. The predicted molar refractivity (Wildman–Crippen MR) is 75.6 cm³/mol. The summed E-state index contributed by atoms with van der Waals surface area (Å²) in [6.45, 7) is 2.12. The van der Waals surface area contributed by atoms with E-state index in [1.54, 1.807) is 17.1 Å². The van der Waals surface area contributed by atoms with Gasteiger partial charge in [0.1, 0.15) is 12.7 Å². The van der Waals surface area contributed by atoms with Crippen molar-refractivity contribution in [3.63, 3.8) is 0 Å². The van der Waals surface area contributed by atoms with Gasteiger partial charge >= 0.3 is 0 Å². The van der Waals surface area contributed by atoms with Crippen LogP contribution in [0.5, 0.6) is 0 Å². The van der Waals surface area contributed by atoms with E-state index >= 15 is 0 Å². The molecule has 0 aliphatic rings. The van der Waals surface area contributed by atoms with Crippen molar-refractivity contribution in [2.75, 3.05) is 0 Å². The van der Waals surface area contributed by atoms with E-state index < -0.39 is 0 Å². The zero-order chi connectivity index (χ0) is 13.0. The lowest BCUT2D eigenvalue weighted by Gasteiger charge is -2.09. The van der Waals surface area contributed by atoms with Crippen molar-refractivity contribution in [2.24, 2.45) is 0 Å². The Morgan fingerprint density at radius 1 is 1.39 bits per heavy atom. The smallest absolute Gasteiger partial charge is 0.138 e. The summed E-state index contributed by atoms with van der Waals surface area (Å²) in [4.78, 5) is 3.92. The van der Waals surface area contributed by atoms with Gasteiger partial charge in [0.25, 0.3) is 0 Å². The first kappa shape index (κ1) is 13.1. The Kier molecular flexibility index (Phi) is 4.39. The molecule has 0 saturated carbocycles. The molecule has 18 heavy (non-hydrogen) atoms. The minimum Gasteiger partial charge on any atom is -0.228 e. The normalized spacial score (nSPS) is 11.8. The highest BCUT2D eigenvalue weighted by atomic mass is 35.5. The van der Waals surface area contributed by atoms with Crippen molar-refractivity contribution in [1.29, 1.82) is 0 Å². The molecule has 0 spiro atoms. The summed E-state index contributed by atoms with van der Waals surface area (Å²) in [5, 5.41) is 5.37. The van der Waals surface area contributed by atoms with Crippen LogP contribution in [0.1, 0.15) is 25.3 Å². The average molecular weight is 282 g/mol. The quantitative estimate of drug-likeness (QED) is 0.833. The molecule has 0 N–H and O–H groups in total. The fourth-order valence-electron chi connectivity index (χ4n) is 1.73. The third-order valence-electron chi connectivity index (χ3n) is 2.52. The highest BCUT2D eigenvalue weighted by Crippen LogP contribution is 2.30. The Balaban J connectivity index is 2.41. The van der Waals surface area contributed by atoms with Crippen LogP contribution in [0.4, 0.5) is 0 Å². The highest BCUT2D eigenvalue weighted by molar-refractivity contribution is 6.35. The molecule has 3 nitrogen and oxygen atoms in total. The van der Waals surface area contributed by atoms with E-state index in [4.69, 9.17) is 23.2 Å². The number of hydrogen-bond acceptors (Lipinski definition) is 2. The molecule has 0 aliphatic heterocycles. The Morgan fingerprint density at radius 2 is 2.22 bits per heavy atom. The lowest BCUT2D eigenvalue weighted by atomic mass is 10.0. The second-order valence-electron chi connectivity index (χ2n) is 3.90. The summed E-state index contributed by atoms with van der Waals surface area (Å²) < 4.78 is 1.68. The zero-order valence-corrected chi connectivity index (χ0v) is 11.5. The lowest BCUT2D eigenvalue weighted by molar-refractivity contribution is 0.919. The number of rotatable bonds is 4. The Morgan fingerprint density at radius 3 is 2.83 bits per heavy atom. The molecule has 1 aromatic heterocycles. The third-order valence-corrected chi connectivity index (χ3v) is 3.07. The van der Waals surface area contributed by atoms with Crippen LogP contribution < -0.4 is 0 Å². The number of hydrogen-bond donors (Lipinski definition) is 0. The molecule has 0 saturated heterocycles. The Bertz CT molecular complexity index is 547. The van der Waals surface area contributed by atoms with Gasteiger partial charge in [-0.3, -0.25) is 0 Å². The van der Waals surface area contributed by atoms with Gasteiger partial charge < -0.3 is 0 Å². The van der Waals surface area contributed by atoms with Gasteiger partial charge in [-0.25, -0.2) is 9.67 Å². The maximum atomic E-state index is 6.23. The van der Waals surface area contributed by atoms with E-state index in [9.17, 15) is 0 Å². The van der Waals surface area contributed by atoms with Crippen molar-refractivity contribution in [2.45, 2.75) is 19.8 Å². The van der Waals surface area contributed by atoms with E-state index in [1.165, 1.54) is 6.33 Å². The molecule has 1 heterocycles. The van der Waals surface area contributed by atoms with Crippen LogP contribution in [0, 0.1) is 0 Å². The van der Waals surface area contributed by atoms with Gasteiger partial charge in [0.05, 0.1) is 0 Å². The van der Waals surface area contributed by atoms with Crippen LogP contribution in [0.25, 0.3) is 11.8 Å². The highest BCUT2D eigenvalue weighted by Gasteiger charge is 2.07. The van der Waals surface area contributed by atoms with Crippen molar-refractivity contribution in [3.8, 4) is 0 Å². The molecule has 0 unspecified atom stereocenters. The summed E-state index contributed by atoms with van der Waals surface area (Å²) in [6, 6.07) is 5.53. The first-order valence-electron chi connectivity index (χ1n) is 5.71. The molecule has 2 aromatic rings. The number of allylic oxidation sites excluding steroid dienone is 1. The number of benzene rings is 1. The van der Waals surface area contributed by atoms with Crippen molar-refractivity contribution >= 4 is 35.0 Å². The van der Waals surface area contributed by atoms with E-state index in [0.29, 0.717) is 10.0 Å². The Labute approximate surface area is 116 Å². The molecule has 1 aromatic carbocycles. The number of nitrogens with zero attached hydrogens (tertiary/aromatic N) is 3. The molecule has 2 rings (SSSR count). The van der Waals surface area contributed by atoms with Gasteiger partial charge in [0, 0.05) is 16.2 Å². The predicted octanol–water partition coefficient (Wildman–Crippen LogP) is 4.38. The SMILES string of the molecule is CCC/C(=C/n1cncn1)c1ccc(Cl)cc1Cl. The summed E-state index contributed by atoms with van der Waals surface area (Å²) in [5.41, 5.74) is 2.10. The summed E-state index contributed by atoms with van der Waals surface area (Å²) in [7, 11) is 0. The largest absolute Gasteiger partial charge is 0.228 e. The van der Waals surface area contributed by atoms with E-state index in [0.717, 1.165) is 24.0 Å². The van der Waals surface area contributed by atoms with Crippen LogP contribution in [0.3, 0.4) is 0 Å². The van der Waals surface area contributed by atoms with Crippen molar-refractivity contribution in [1.82, 2.24) is 14.8 Å². The van der Waals surface area contributed by atoms with Crippen LogP contribution in [-0.2, 0) is 0 Å². The standard InChI is InChI=1S/C13H13Cl2N3/c1-2-3-10(7-18-9-16-8-17-18)12-5-4-11(14)6-13(12)15/h4-9H,2-3H2,1H3/b10-7-. The maximum absolute atomic E-state index is 6.23. The van der Waals surface area contributed by atoms with Gasteiger partial charge in [-0.1, -0.05) is 42.6 Å². The fourth-order valence-corrected chi connectivity index (χ4v) is 2.26. The second-order valence-corrected chi connectivity index (χ2v) is 4.75. The maximum Gasteiger partial charge on any atom is 0.138 e. The first-order chi connectivity index (χ1) is 8.70. The zero-order valence-electron chi connectivity index (χ0n) is 9.98. The molecule has 5 heteroatoms. The molecule has 0 bridgehead atoms. The van der Waals surface area contributed by atoms with Crippen molar-refractivity contribution < 1.29 is 0 Å². The molecular formula is C13H13Cl2N3. The molecule has 0 aliphatic carbocycles. The average Bonchev–Trinajstić information content (AvgIpc) is 2.81. The number of halogens is 2. The molecule has 94 valence electrons. The molecule has 0 amide bonds. The van der Waals surface area contributed by atoms with E-state index in [1.807, 2.05) is 18.3 Å². The summed E-state index contributed by atoms with van der Waals surface area (Å²) >= 11 is 12.1. The topological polar surface area (TPSA) is 30.7 Å².